The van der Waals surface area contributed by atoms with Crippen molar-refractivity contribution in [1.82, 2.24) is 5.32 Å². The van der Waals surface area contributed by atoms with Gasteiger partial charge in [0.25, 0.3) is 0 Å². The number of carbonyl (C=O) groups is 1. The lowest BCUT2D eigenvalue weighted by Gasteiger charge is -2.07. The van der Waals surface area contributed by atoms with Crippen molar-refractivity contribution >= 4 is 27.6 Å². The second kappa shape index (κ2) is 5.88. The summed E-state index contributed by atoms with van der Waals surface area (Å²) in [5.74, 6) is 0.915. The molecule has 0 saturated carbocycles. The van der Waals surface area contributed by atoms with Crippen LogP contribution in [0.25, 0.3) is 0 Å². The fourth-order valence-corrected chi connectivity index (χ4v) is 1.84. The molecule has 1 heterocycles. The number of aryl methyl sites for hydroxylation is 1. The molecule has 6 heteroatoms. The lowest BCUT2D eigenvalue weighted by Crippen LogP contribution is -2.28. The van der Waals surface area contributed by atoms with Crippen LogP contribution in [0.5, 0.6) is 0 Å². The van der Waals surface area contributed by atoms with Crippen LogP contribution in [0.3, 0.4) is 0 Å². The van der Waals surface area contributed by atoms with Crippen LogP contribution in [-0.2, 0) is 6.54 Å². The van der Waals surface area contributed by atoms with Crippen LogP contribution in [0.4, 0.5) is 14.9 Å². The molecule has 0 atom stereocenters. The van der Waals surface area contributed by atoms with Gasteiger partial charge in [0.05, 0.1) is 12.2 Å². The minimum absolute atomic E-state index is 0.122. The second-order valence-corrected chi connectivity index (χ2v) is 4.86. The standard InChI is InChI=1S/C13H12BrFN2O2/c1-8-2-4-10(19-8)7-16-13(18)17-12-5-3-9(14)6-11(12)15/h2-6H,7H2,1H3,(H2,16,17,18). The topological polar surface area (TPSA) is 54.3 Å². The van der Waals surface area contributed by atoms with Gasteiger partial charge in [0.1, 0.15) is 17.3 Å². The van der Waals surface area contributed by atoms with Gasteiger partial charge < -0.3 is 15.1 Å². The molecular formula is C13H12BrFN2O2. The third-order valence-electron chi connectivity index (χ3n) is 2.40. The Bertz CT molecular complexity index is 598. The fraction of sp³-hybridized carbons (Fsp3) is 0.154. The molecule has 1 aromatic heterocycles. The summed E-state index contributed by atoms with van der Waals surface area (Å²) in [6.07, 6.45) is 0. The molecule has 0 unspecified atom stereocenters. The van der Waals surface area contributed by atoms with Crippen LogP contribution < -0.4 is 10.6 Å². The van der Waals surface area contributed by atoms with Gasteiger partial charge in [-0.3, -0.25) is 0 Å². The number of carbonyl (C=O) groups excluding carboxylic acids is 1. The van der Waals surface area contributed by atoms with Crippen molar-refractivity contribution in [2.45, 2.75) is 13.5 Å². The number of hydrogen-bond donors (Lipinski definition) is 2. The van der Waals surface area contributed by atoms with Gasteiger partial charge in [-0.15, -0.1) is 0 Å². The van der Waals surface area contributed by atoms with E-state index in [1.54, 1.807) is 12.1 Å². The van der Waals surface area contributed by atoms with Gasteiger partial charge in [-0.1, -0.05) is 15.9 Å². The van der Waals surface area contributed by atoms with Gasteiger partial charge in [0.15, 0.2) is 0 Å². The van der Waals surface area contributed by atoms with Crippen LogP contribution in [-0.4, -0.2) is 6.03 Å². The number of rotatable bonds is 3. The zero-order chi connectivity index (χ0) is 13.8. The van der Waals surface area contributed by atoms with Crippen molar-refractivity contribution in [2.75, 3.05) is 5.32 Å². The minimum atomic E-state index is -0.502. The summed E-state index contributed by atoms with van der Waals surface area (Å²) in [7, 11) is 0. The number of halogens is 2. The molecule has 0 fully saturated rings. The smallest absolute Gasteiger partial charge is 0.319 e. The average molecular weight is 327 g/mol. The highest BCUT2D eigenvalue weighted by Crippen LogP contribution is 2.19. The Labute approximate surface area is 118 Å². The Hall–Kier alpha value is -1.82. The molecule has 2 rings (SSSR count). The molecule has 0 bridgehead atoms. The van der Waals surface area contributed by atoms with Gasteiger partial charge >= 0.3 is 6.03 Å². The molecule has 2 amide bonds. The third-order valence-corrected chi connectivity index (χ3v) is 2.89. The molecule has 19 heavy (non-hydrogen) atoms. The van der Waals surface area contributed by atoms with Crippen molar-refractivity contribution in [3.63, 3.8) is 0 Å². The molecule has 2 N–H and O–H groups in total. The maximum Gasteiger partial charge on any atom is 0.319 e. The zero-order valence-corrected chi connectivity index (χ0v) is 11.8. The summed E-state index contributed by atoms with van der Waals surface area (Å²) >= 11 is 3.15. The Morgan fingerprint density at radius 2 is 2.16 bits per heavy atom. The summed E-state index contributed by atoms with van der Waals surface area (Å²) in [6, 6.07) is 7.50. The Balaban J connectivity index is 1.90. The first kappa shape index (κ1) is 13.6. The number of amides is 2. The molecular weight excluding hydrogens is 315 g/mol. The number of nitrogens with one attached hydrogen (secondary N) is 2. The van der Waals surface area contributed by atoms with Gasteiger partial charge in [-0.05, 0) is 37.3 Å². The van der Waals surface area contributed by atoms with Crippen LogP contribution in [0.2, 0.25) is 0 Å². The summed E-state index contributed by atoms with van der Waals surface area (Å²) in [4.78, 5) is 11.6. The van der Waals surface area contributed by atoms with Gasteiger partial charge in [0, 0.05) is 4.47 Å². The fourth-order valence-electron chi connectivity index (χ4n) is 1.50. The summed E-state index contributed by atoms with van der Waals surface area (Å²) in [6.45, 7) is 2.07. The van der Waals surface area contributed by atoms with E-state index in [0.29, 0.717) is 10.2 Å². The largest absolute Gasteiger partial charge is 0.465 e. The normalized spacial score (nSPS) is 10.3. The molecule has 0 radical (unpaired) electrons. The van der Waals surface area contributed by atoms with E-state index in [0.717, 1.165) is 5.76 Å². The molecule has 1 aromatic carbocycles. The Morgan fingerprint density at radius 3 is 2.79 bits per heavy atom. The van der Waals surface area contributed by atoms with Crippen molar-refractivity contribution in [2.24, 2.45) is 0 Å². The van der Waals surface area contributed by atoms with Gasteiger partial charge in [-0.2, -0.15) is 0 Å². The number of furan rings is 1. The van der Waals surface area contributed by atoms with Gasteiger partial charge in [-0.25, -0.2) is 9.18 Å². The highest BCUT2D eigenvalue weighted by atomic mass is 79.9. The highest BCUT2D eigenvalue weighted by Gasteiger charge is 2.07. The lowest BCUT2D eigenvalue weighted by atomic mass is 10.3. The molecule has 0 spiro atoms. The monoisotopic (exact) mass is 326 g/mol. The molecule has 100 valence electrons. The van der Waals surface area contributed by atoms with E-state index >= 15 is 0 Å². The number of hydrogen-bond acceptors (Lipinski definition) is 2. The Kier molecular flexibility index (Phi) is 4.21. The van der Waals surface area contributed by atoms with E-state index in [9.17, 15) is 9.18 Å². The van der Waals surface area contributed by atoms with Crippen LogP contribution in [0.15, 0.2) is 39.2 Å². The summed E-state index contributed by atoms with van der Waals surface area (Å²) < 4.78 is 19.4. The predicted octanol–water partition coefficient (Wildman–Crippen LogP) is 3.81. The van der Waals surface area contributed by atoms with E-state index in [4.69, 9.17) is 4.42 Å². The minimum Gasteiger partial charge on any atom is -0.465 e. The van der Waals surface area contributed by atoms with E-state index in [1.807, 2.05) is 13.0 Å². The Morgan fingerprint density at radius 1 is 1.37 bits per heavy atom. The molecule has 0 aliphatic rings. The summed E-state index contributed by atoms with van der Waals surface area (Å²) in [5.41, 5.74) is 0.122. The number of anilines is 1. The lowest BCUT2D eigenvalue weighted by molar-refractivity contribution is 0.250. The van der Waals surface area contributed by atoms with Crippen molar-refractivity contribution in [3.8, 4) is 0 Å². The van der Waals surface area contributed by atoms with E-state index < -0.39 is 11.8 Å². The molecule has 0 aliphatic heterocycles. The maximum absolute atomic E-state index is 13.5. The highest BCUT2D eigenvalue weighted by molar-refractivity contribution is 9.10. The van der Waals surface area contributed by atoms with Crippen molar-refractivity contribution < 1.29 is 13.6 Å². The number of benzene rings is 1. The molecule has 4 nitrogen and oxygen atoms in total. The molecule has 0 saturated heterocycles. The number of urea groups is 1. The maximum atomic E-state index is 13.5. The van der Waals surface area contributed by atoms with E-state index in [1.165, 1.54) is 12.1 Å². The van der Waals surface area contributed by atoms with Gasteiger partial charge in [0.2, 0.25) is 0 Å². The second-order valence-electron chi connectivity index (χ2n) is 3.94. The SMILES string of the molecule is Cc1ccc(CNC(=O)Nc2ccc(Br)cc2F)o1. The zero-order valence-electron chi connectivity index (χ0n) is 10.2. The molecule has 2 aromatic rings. The first-order valence-corrected chi connectivity index (χ1v) is 6.39. The van der Waals surface area contributed by atoms with Crippen molar-refractivity contribution in [1.29, 1.82) is 0 Å². The van der Waals surface area contributed by atoms with E-state index in [2.05, 4.69) is 26.6 Å². The van der Waals surface area contributed by atoms with E-state index in [-0.39, 0.29) is 12.2 Å². The first-order chi connectivity index (χ1) is 9.04. The average Bonchev–Trinajstić information content (AvgIpc) is 2.76. The first-order valence-electron chi connectivity index (χ1n) is 5.60. The quantitative estimate of drug-likeness (QED) is 0.901. The van der Waals surface area contributed by atoms with Crippen LogP contribution >= 0.6 is 15.9 Å². The third kappa shape index (κ3) is 3.82. The van der Waals surface area contributed by atoms with Crippen molar-refractivity contribution in [3.05, 3.63) is 52.1 Å². The summed E-state index contributed by atoms with van der Waals surface area (Å²) in [5, 5.41) is 5.01. The molecule has 0 aliphatic carbocycles. The van der Waals surface area contributed by atoms with Crippen LogP contribution in [0.1, 0.15) is 11.5 Å². The van der Waals surface area contributed by atoms with Crippen LogP contribution in [0, 0.1) is 12.7 Å². The predicted molar refractivity (Wildman–Crippen MR) is 73.4 cm³/mol.